The molecule has 5 rings (SSSR count). The van der Waals surface area contributed by atoms with Crippen LogP contribution in [0.4, 0.5) is 5.69 Å². The molecule has 8 nitrogen and oxygen atoms in total. The fraction of sp³-hybridized carbons (Fsp3) is 0.0909. The standard InChI is InChI=1S/C22H20N4O4S2/c1-13-6-2-3-7-14(13)12-23-26-16-10-11-31-20(16)19(27)18(22(26)28)21-24-15-8-4-5-9-17(15)32(29,30)25-21/h2-11,23,27,29-30H,12H2,1H3,(H,24,25). The van der Waals surface area contributed by atoms with Crippen molar-refractivity contribution in [1.82, 2.24) is 4.68 Å². The molecule has 0 aliphatic carbocycles. The van der Waals surface area contributed by atoms with Crippen LogP contribution >= 0.6 is 22.1 Å². The van der Waals surface area contributed by atoms with Crippen LogP contribution in [0.1, 0.15) is 16.7 Å². The predicted octanol–water partition coefficient (Wildman–Crippen LogP) is 4.72. The van der Waals surface area contributed by atoms with Crippen LogP contribution in [0.5, 0.6) is 5.75 Å². The van der Waals surface area contributed by atoms with Gasteiger partial charge in [-0.3, -0.25) is 13.9 Å². The van der Waals surface area contributed by atoms with E-state index in [-0.39, 0.29) is 22.0 Å². The van der Waals surface area contributed by atoms with Crippen LogP contribution < -0.4 is 16.3 Å². The summed E-state index contributed by atoms with van der Waals surface area (Å²) in [5, 5.41) is 15.7. The summed E-state index contributed by atoms with van der Waals surface area (Å²) in [7, 11) is -3.54. The van der Waals surface area contributed by atoms with Crippen LogP contribution in [-0.2, 0) is 6.54 Å². The van der Waals surface area contributed by atoms with Crippen molar-refractivity contribution in [2.45, 2.75) is 18.4 Å². The number of thiophene rings is 1. The zero-order valence-corrected chi connectivity index (χ0v) is 18.6. The zero-order chi connectivity index (χ0) is 22.5. The number of hydrogen-bond acceptors (Lipinski definition) is 8. The number of nitrogens with one attached hydrogen (secondary N) is 2. The molecule has 0 spiro atoms. The van der Waals surface area contributed by atoms with Crippen LogP contribution in [0.25, 0.3) is 10.2 Å². The van der Waals surface area contributed by atoms with Crippen LogP contribution in [-0.4, -0.2) is 24.7 Å². The molecular formula is C22H20N4O4S2. The minimum Gasteiger partial charge on any atom is -0.505 e. The highest BCUT2D eigenvalue weighted by molar-refractivity contribution is 8.23. The van der Waals surface area contributed by atoms with Gasteiger partial charge in [0, 0.05) is 0 Å². The lowest BCUT2D eigenvalue weighted by atomic mass is 10.1. The molecule has 0 atom stereocenters. The van der Waals surface area contributed by atoms with Crippen LogP contribution in [0.15, 0.2) is 74.1 Å². The van der Waals surface area contributed by atoms with E-state index < -0.39 is 16.3 Å². The highest BCUT2D eigenvalue weighted by Gasteiger charge is 2.30. The molecule has 0 bridgehead atoms. The van der Waals surface area contributed by atoms with Crippen LogP contribution in [0.2, 0.25) is 0 Å². The lowest BCUT2D eigenvalue weighted by Gasteiger charge is -2.34. The predicted molar refractivity (Wildman–Crippen MR) is 130 cm³/mol. The molecule has 0 saturated heterocycles. The maximum Gasteiger partial charge on any atom is 0.284 e. The minimum absolute atomic E-state index is 0.0899. The van der Waals surface area contributed by atoms with Gasteiger partial charge in [-0.1, -0.05) is 47.2 Å². The fourth-order valence-electron chi connectivity index (χ4n) is 3.68. The molecule has 0 radical (unpaired) electrons. The van der Waals surface area contributed by atoms with Gasteiger partial charge in [0.2, 0.25) is 0 Å². The number of anilines is 1. The lowest BCUT2D eigenvalue weighted by Crippen LogP contribution is -2.35. The Hall–Kier alpha value is -3.31. The number of aromatic hydroxyl groups is 1. The summed E-state index contributed by atoms with van der Waals surface area (Å²) in [6, 6.07) is 16.2. The molecular weight excluding hydrogens is 448 g/mol. The van der Waals surface area contributed by atoms with Crippen molar-refractivity contribution in [3.63, 3.8) is 0 Å². The molecule has 2 aromatic carbocycles. The third kappa shape index (κ3) is 3.33. The average Bonchev–Trinajstić information content (AvgIpc) is 3.25. The fourth-order valence-corrected chi connectivity index (χ4v) is 5.67. The Balaban J connectivity index is 1.64. The highest BCUT2D eigenvalue weighted by Crippen LogP contribution is 2.55. The molecule has 0 saturated carbocycles. The number of pyridine rings is 1. The van der Waals surface area contributed by atoms with Crippen LogP contribution in [0, 0.1) is 6.92 Å². The summed E-state index contributed by atoms with van der Waals surface area (Å²) < 4.78 is 27.0. The van der Waals surface area contributed by atoms with Crippen molar-refractivity contribution in [3.05, 3.63) is 87.0 Å². The first kappa shape index (κ1) is 20.6. The normalized spacial score (nSPS) is 15.5. The van der Waals surface area contributed by atoms with E-state index in [0.717, 1.165) is 11.1 Å². The number of nitrogens with zero attached hydrogens (tertiary/aromatic N) is 2. The second kappa shape index (κ2) is 7.68. The molecule has 32 heavy (non-hydrogen) atoms. The largest absolute Gasteiger partial charge is 0.505 e. The summed E-state index contributed by atoms with van der Waals surface area (Å²) in [5.41, 5.74) is 5.51. The van der Waals surface area contributed by atoms with E-state index in [1.807, 2.05) is 31.2 Å². The number of para-hydroxylation sites is 1. The Morgan fingerprint density at radius 1 is 1.12 bits per heavy atom. The Labute approximate surface area is 189 Å². The van der Waals surface area contributed by atoms with Crippen molar-refractivity contribution < 1.29 is 14.2 Å². The summed E-state index contributed by atoms with van der Waals surface area (Å²) in [6.07, 6.45) is 0. The molecule has 3 heterocycles. The maximum atomic E-state index is 13.5. The summed E-state index contributed by atoms with van der Waals surface area (Å²) in [5.74, 6) is -0.345. The number of aryl methyl sites for hydroxylation is 1. The molecule has 164 valence electrons. The van der Waals surface area contributed by atoms with Gasteiger partial charge in [-0.05, 0) is 41.6 Å². The third-order valence-electron chi connectivity index (χ3n) is 5.33. The van der Waals surface area contributed by atoms with E-state index in [1.54, 1.807) is 35.7 Å². The average molecular weight is 469 g/mol. The lowest BCUT2D eigenvalue weighted by molar-refractivity contribution is 0.479. The molecule has 1 aliphatic heterocycles. The van der Waals surface area contributed by atoms with Gasteiger partial charge < -0.3 is 15.8 Å². The van der Waals surface area contributed by atoms with E-state index in [1.165, 1.54) is 16.0 Å². The van der Waals surface area contributed by atoms with Crippen molar-refractivity contribution in [3.8, 4) is 5.75 Å². The topological polar surface area (TPSA) is 119 Å². The smallest absolute Gasteiger partial charge is 0.284 e. The van der Waals surface area contributed by atoms with Gasteiger partial charge in [0.15, 0.2) is 11.6 Å². The van der Waals surface area contributed by atoms with Crippen molar-refractivity contribution in [2.75, 3.05) is 10.7 Å². The van der Waals surface area contributed by atoms with Gasteiger partial charge in [0.05, 0.1) is 22.4 Å². The molecule has 2 aromatic heterocycles. The van der Waals surface area contributed by atoms with Crippen molar-refractivity contribution in [2.24, 2.45) is 4.40 Å². The molecule has 1 aliphatic rings. The number of hydrogen-bond donors (Lipinski definition) is 5. The molecule has 5 N–H and O–H groups in total. The minimum atomic E-state index is -3.54. The molecule has 4 aromatic rings. The molecule has 0 unspecified atom stereocenters. The second-order valence-electron chi connectivity index (χ2n) is 7.34. The first-order valence-corrected chi connectivity index (χ1v) is 12.1. The number of benzene rings is 2. The number of amidine groups is 1. The van der Waals surface area contributed by atoms with Gasteiger partial charge in [0.25, 0.3) is 5.56 Å². The Morgan fingerprint density at radius 3 is 2.69 bits per heavy atom. The Bertz CT molecular complexity index is 1440. The van der Waals surface area contributed by atoms with E-state index in [9.17, 15) is 19.0 Å². The second-order valence-corrected chi connectivity index (χ2v) is 9.92. The van der Waals surface area contributed by atoms with E-state index in [0.29, 0.717) is 22.4 Å². The Morgan fingerprint density at radius 2 is 1.88 bits per heavy atom. The van der Waals surface area contributed by atoms with E-state index in [2.05, 4.69) is 15.1 Å². The van der Waals surface area contributed by atoms with Gasteiger partial charge in [-0.15, -0.1) is 15.7 Å². The first-order chi connectivity index (χ1) is 15.4. The van der Waals surface area contributed by atoms with E-state index >= 15 is 0 Å². The van der Waals surface area contributed by atoms with Crippen molar-refractivity contribution in [1.29, 1.82) is 0 Å². The zero-order valence-electron chi connectivity index (χ0n) is 16.9. The third-order valence-corrected chi connectivity index (χ3v) is 7.63. The van der Waals surface area contributed by atoms with Crippen molar-refractivity contribution >= 4 is 43.9 Å². The van der Waals surface area contributed by atoms with Gasteiger partial charge in [-0.25, -0.2) is 4.68 Å². The highest BCUT2D eigenvalue weighted by atomic mass is 32.3. The summed E-state index contributed by atoms with van der Waals surface area (Å²) in [4.78, 5) is 13.7. The SMILES string of the molecule is Cc1ccccc1CNn1c(=O)c(C2=NS(O)(O)c3ccccc3N2)c(O)c2sccc21. The van der Waals surface area contributed by atoms with E-state index in [4.69, 9.17) is 0 Å². The first-order valence-electron chi connectivity index (χ1n) is 9.75. The van der Waals surface area contributed by atoms with Gasteiger partial charge in [0.1, 0.15) is 10.5 Å². The Kier molecular flexibility index (Phi) is 4.94. The summed E-state index contributed by atoms with van der Waals surface area (Å²) in [6.45, 7) is 2.38. The molecule has 10 heteroatoms. The maximum absolute atomic E-state index is 13.5. The summed E-state index contributed by atoms with van der Waals surface area (Å²) >= 11 is 1.27. The molecule has 0 fully saturated rings. The number of fused-ring (bicyclic) bond motifs is 2. The molecule has 0 amide bonds. The van der Waals surface area contributed by atoms with Crippen LogP contribution in [0.3, 0.4) is 0 Å². The van der Waals surface area contributed by atoms with Gasteiger partial charge >= 0.3 is 0 Å². The number of rotatable bonds is 4. The number of aromatic nitrogens is 1. The van der Waals surface area contributed by atoms with Gasteiger partial charge in [-0.2, -0.15) is 0 Å². The monoisotopic (exact) mass is 468 g/mol. The quantitative estimate of drug-likeness (QED) is 0.296.